The minimum Gasteiger partial charge on any atom is -0.303 e. The van der Waals surface area contributed by atoms with Gasteiger partial charge in [0, 0.05) is 23.6 Å². The molecule has 4 rings (SSSR count). The lowest BCUT2D eigenvalue weighted by Crippen LogP contribution is -2.26. The molecule has 1 N–H and O–H groups in total. The van der Waals surface area contributed by atoms with Crippen LogP contribution in [0.1, 0.15) is 42.7 Å². The fraction of sp³-hybridized carbons (Fsp3) is 0.364. The van der Waals surface area contributed by atoms with Gasteiger partial charge in [-0.1, -0.05) is 31.5 Å². The molecule has 1 aliphatic rings. The summed E-state index contributed by atoms with van der Waals surface area (Å²) in [5.41, 5.74) is 1.45. The van der Waals surface area contributed by atoms with Crippen LogP contribution in [0.15, 0.2) is 36.4 Å². The van der Waals surface area contributed by atoms with E-state index in [9.17, 15) is 8.78 Å². The molecule has 8 heteroatoms. The number of nitrogens with zero attached hydrogens (tertiary/aromatic N) is 4. The van der Waals surface area contributed by atoms with Crippen LogP contribution in [0.25, 0.3) is 5.69 Å². The maximum Gasteiger partial charge on any atom is 0.151 e. The summed E-state index contributed by atoms with van der Waals surface area (Å²) < 4.78 is 31.2. The van der Waals surface area contributed by atoms with Gasteiger partial charge in [-0.25, -0.2) is 8.78 Å². The maximum absolute atomic E-state index is 14.6. The fourth-order valence-electron chi connectivity index (χ4n) is 4.01. The molecule has 0 saturated heterocycles. The highest BCUT2D eigenvalue weighted by molar-refractivity contribution is 6.30. The number of likely N-dealkylation sites (N-methyl/N-ethyl adjacent to an activating group) is 1. The Morgan fingerprint density at radius 3 is 2.57 bits per heavy atom. The van der Waals surface area contributed by atoms with Crippen LogP contribution in [0.5, 0.6) is 0 Å². The molecule has 158 valence electrons. The van der Waals surface area contributed by atoms with Gasteiger partial charge >= 0.3 is 0 Å². The first kappa shape index (κ1) is 20.9. The molecule has 2 aromatic carbocycles. The zero-order valence-corrected chi connectivity index (χ0v) is 17.8. The molecule has 0 saturated carbocycles. The van der Waals surface area contributed by atoms with E-state index in [2.05, 4.69) is 34.3 Å². The first-order valence-corrected chi connectivity index (χ1v) is 10.5. The van der Waals surface area contributed by atoms with Gasteiger partial charge in [-0.3, -0.25) is 9.88 Å². The van der Waals surface area contributed by atoms with Gasteiger partial charge in [-0.15, -0.1) is 10.2 Å². The Kier molecular flexibility index (Phi) is 6.13. The van der Waals surface area contributed by atoms with Gasteiger partial charge in [0.25, 0.3) is 0 Å². The summed E-state index contributed by atoms with van der Waals surface area (Å²) >= 11 is 6.28. The number of aromatic nitrogens is 3. The van der Waals surface area contributed by atoms with Crippen LogP contribution in [0.3, 0.4) is 0 Å². The average molecular weight is 432 g/mol. The van der Waals surface area contributed by atoms with Crippen molar-refractivity contribution in [1.82, 2.24) is 25.0 Å². The second kappa shape index (κ2) is 8.79. The molecule has 2 heterocycles. The average Bonchev–Trinajstić information content (AvgIpc) is 3.06. The summed E-state index contributed by atoms with van der Waals surface area (Å²) in [6.07, 6.45) is 0.718. The third-order valence-corrected chi connectivity index (χ3v) is 5.87. The molecule has 0 radical (unpaired) electrons. The van der Waals surface area contributed by atoms with Crippen molar-refractivity contribution in [3.05, 3.63) is 75.8 Å². The number of nitrogens with one attached hydrogen (secondary N) is 1. The summed E-state index contributed by atoms with van der Waals surface area (Å²) in [5.74, 6) is 0.319. The third kappa shape index (κ3) is 3.85. The topological polar surface area (TPSA) is 46.0 Å². The van der Waals surface area contributed by atoms with Gasteiger partial charge in [-0.2, -0.15) is 0 Å². The SMILES string of the molecule is CCN(CC)CCc1nnc2n1-c1ccc(Cl)cc1C(c1c(F)cccc1F)NC2. The lowest BCUT2D eigenvalue weighted by Gasteiger charge is -2.21. The highest BCUT2D eigenvalue weighted by Crippen LogP contribution is 2.35. The van der Waals surface area contributed by atoms with Crippen LogP contribution in [0.4, 0.5) is 8.78 Å². The van der Waals surface area contributed by atoms with Crippen molar-refractivity contribution < 1.29 is 8.78 Å². The van der Waals surface area contributed by atoms with Crippen molar-refractivity contribution in [2.75, 3.05) is 19.6 Å². The Hall–Kier alpha value is -2.35. The number of fused-ring (bicyclic) bond motifs is 3. The highest BCUT2D eigenvalue weighted by atomic mass is 35.5. The number of rotatable bonds is 6. The molecule has 0 fully saturated rings. The van der Waals surface area contributed by atoms with Crippen LogP contribution >= 0.6 is 11.6 Å². The van der Waals surface area contributed by atoms with Crippen molar-refractivity contribution in [3.8, 4) is 5.69 Å². The number of halogens is 3. The van der Waals surface area contributed by atoms with Crippen LogP contribution in [0, 0.1) is 11.6 Å². The summed E-state index contributed by atoms with van der Waals surface area (Å²) in [7, 11) is 0. The van der Waals surface area contributed by atoms with Gasteiger partial charge in [0.1, 0.15) is 17.5 Å². The first-order chi connectivity index (χ1) is 14.5. The summed E-state index contributed by atoms with van der Waals surface area (Å²) in [6, 6.07) is 8.60. The van der Waals surface area contributed by atoms with Crippen LogP contribution < -0.4 is 5.32 Å². The van der Waals surface area contributed by atoms with E-state index in [1.54, 1.807) is 12.1 Å². The van der Waals surface area contributed by atoms with Gasteiger partial charge in [0.05, 0.1) is 18.3 Å². The smallest absolute Gasteiger partial charge is 0.151 e. The van der Waals surface area contributed by atoms with Crippen molar-refractivity contribution in [2.24, 2.45) is 0 Å². The van der Waals surface area contributed by atoms with Crippen LogP contribution in [-0.2, 0) is 13.0 Å². The zero-order valence-electron chi connectivity index (χ0n) is 17.0. The lowest BCUT2D eigenvalue weighted by atomic mass is 9.96. The van der Waals surface area contributed by atoms with Gasteiger partial charge in [-0.05, 0) is 49.0 Å². The van der Waals surface area contributed by atoms with Crippen molar-refractivity contribution in [2.45, 2.75) is 32.9 Å². The monoisotopic (exact) mass is 431 g/mol. The van der Waals surface area contributed by atoms with E-state index in [1.807, 2.05) is 10.6 Å². The molecule has 0 spiro atoms. The molecular weight excluding hydrogens is 408 g/mol. The predicted octanol–water partition coefficient (Wildman–Crippen LogP) is 4.28. The molecule has 3 aromatic rings. The Morgan fingerprint density at radius 2 is 1.87 bits per heavy atom. The molecule has 1 unspecified atom stereocenters. The molecular formula is C22H24ClF2N5. The van der Waals surface area contributed by atoms with Crippen LogP contribution in [-0.4, -0.2) is 39.3 Å². The molecule has 0 amide bonds. The number of hydrogen-bond acceptors (Lipinski definition) is 4. The molecule has 5 nitrogen and oxygen atoms in total. The second-order valence-electron chi connectivity index (χ2n) is 7.30. The van der Waals surface area contributed by atoms with E-state index in [0.29, 0.717) is 23.0 Å². The highest BCUT2D eigenvalue weighted by Gasteiger charge is 2.30. The second-order valence-corrected chi connectivity index (χ2v) is 7.73. The normalized spacial score (nSPS) is 15.7. The summed E-state index contributed by atoms with van der Waals surface area (Å²) in [5, 5.41) is 12.5. The Morgan fingerprint density at radius 1 is 1.13 bits per heavy atom. The Labute approximate surface area is 179 Å². The Bertz CT molecular complexity index is 1030. The van der Waals surface area contributed by atoms with Gasteiger partial charge < -0.3 is 4.90 Å². The van der Waals surface area contributed by atoms with Crippen molar-refractivity contribution in [1.29, 1.82) is 0 Å². The molecule has 1 aromatic heterocycles. The Balaban J connectivity index is 1.81. The first-order valence-electron chi connectivity index (χ1n) is 10.2. The molecule has 0 bridgehead atoms. The number of hydrogen-bond donors (Lipinski definition) is 1. The minimum atomic E-state index is -0.697. The van der Waals surface area contributed by atoms with E-state index >= 15 is 0 Å². The van der Waals surface area contributed by atoms with E-state index in [1.165, 1.54) is 18.2 Å². The van der Waals surface area contributed by atoms with Gasteiger partial charge in [0.15, 0.2) is 5.82 Å². The quantitative estimate of drug-likeness (QED) is 0.633. The van der Waals surface area contributed by atoms with E-state index in [4.69, 9.17) is 11.6 Å². The van der Waals surface area contributed by atoms with Gasteiger partial charge in [0.2, 0.25) is 0 Å². The molecule has 1 atom stereocenters. The van der Waals surface area contributed by atoms with Crippen molar-refractivity contribution >= 4 is 11.6 Å². The molecule has 1 aliphatic heterocycles. The van der Waals surface area contributed by atoms with E-state index in [0.717, 1.165) is 37.6 Å². The summed E-state index contributed by atoms with van der Waals surface area (Å²) in [6.45, 7) is 7.35. The van der Waals surface area contributed by atoms with Crippen LogP contribution in [0.2, 0.25) is 5.02 Å². The van der Waals surface area contributed by atoms with E-state index < -0.39 is 17.7 Å². The largest absolute Gasteiger partial charge is 0.303 e. The maximum atomic E-state index is 14.6. The predicted molar refractivity (Wildman–Crippen MR) is 113 cm³/mol. The van der Waals surface area contributed by atoms with Crippen molar-refractivity contribution in [3.63, 3.8) is 0 Å². The standard InChI is InChI=1S/C22H24ClF2N5/c1-3-29(4-2)11-10-19-27-28-20-13-26-22(21-16(24)6-5-7-17(21)25)15-12-14(23)8-9-18(15)30(19)20/h5-9,12,22,26H,3-4,10-11,13H2,1-2H3. The zero-order chi connectivity index (χ0) is 21.3. The fourth-order valence-corrected chi connectivity index (χ4v) is 4.19. The molecule has 0 aliphatic carbocycles. The summed E-state index contributed by atoms with van der Waals surface area (Å²) in [4.78, 5) is 2.32. The third-order valence-electron chi connectivity index (χ3n) is 5.64. The van der Waals surface area contributed by atoms with E-state index in [-0.39, 0.29) is 5.56 Å². The number of benzene rings is 2. The lowest BCUT2D eigenvalue weighted by molar-refractivity contribution is 0.305. The minimum absolute atomic E-state index is 0.0237. The molecule has 30 heavy (non-hydrogen) atoms.